The molecule has 1 aliphatic heterocycles. The molecule has 1 atom stereocenters. The molecule has 3 rings (SSSR count). The van der Waals surface area contributed by atoms with E-state index in [9.17, 15) is 4.79 Å². The first-order valence-corrected chi connectivity index (χ1v) is 8.09. The molecule has 4 nitrogen and oxygen atoms in total. The van der Waals surface area contributed by atoms with E-state index in [1.807, 2.05) is 30.9 Å². The predicted molar refractivity (Wildman–Crippen MR) is 88.2 cm³/mol. The van der Waals surface area contributed by atoms with Gasteiger partial charge in [-0.05, 0) is 38.7 Å². The van der Waals surface area contributed by atoms with E-state index >= 15 is 0 Å². The maximum Gasteiger partial charge on any atom is 0.289 e. The lowest BCUT2D eigenvalue weighted by Gasteiger charge is -2.33. The van der Waals surface area contributed by atoms with Crippen LogP contribution < -0.4 is 5.73 Å². The van der Waals surface area contributed by atoms with E-state index in [-0.39, 0.29) is 11.9 Å². The SMILES string of the molecule is Cc1c(C(=O)N2CCC(C(C)N)CC2)oc2c(Cl)cccc12. The summed E-state index contributed by atoms with van der Waals surface area (Å²) in [5.74, 6) is 0.852. The van der Waals surface area contributed by atoms with Gasteiger partial charge in [0.1, 0.15) is 0 Å². The number of amides is 1. The van der Waals surface area contributed by atoms with Gasteiger partial charge in [-0.2, -0.15) is 0 Å². The summed E-state index contributed by atoms with van der Waals surface area (Å²) in [6, 6.07) is 5.76. The molecular formula is C17H21ClN2O2. The second kappa shape index (κ2) is 5.94. The van der Waals surface area contributed by atoms with Gasteiger partial charge in [-0.3, -0.25) is 4.79 Å². The molecule has 0 bridgehead atoms. The summed E-state index contributed by atoms with van der Waals surface area (Å²) in [5.41, 5.74) is 7.41. The van der Waals surface area contributed by atoms with E-state index in [1.165, 1.54) is 0 Å². The van der Waals surface area contributed by atoms with Crippen molar-refractivity contribution in [2.45, 2.75) is 32.7 Å². The minimum atomic E-state index is -0.0482. The topological polar surface area (TPSA) is 59.5 Å². The molecule has 0 aliphatic carbocycles. The highest BCUT2D eigenvalue weighted by Gasteiger charge is 2.28. The van der Waals surface area contributed by atoms with Crippen molar-refractivity contribution in [3.8, 4) is 0 Å². The van der Waals surface area contributed by atoms with Gasteiger partial charge in [0.05, 0.1) is 5.02 Å². The lowest BCUT2D eigenvalue weighted by atomic mass is 9.91. The van der Waals surface area contributed by atoms with Crippen molar-refractivity contribution >= 4 is 28.5 Å². The number of aryl methyl sites for hydroxylation is 1. The number of fused-ring (bicyclic) bond motifs is 1. The Morgan fingerprint density at radius 2 is 2.09 bits per heavy atom. The monoisotopic (exact) mass is 320 g/mol. The molecule has 1 saturated heterocycles. The molecule has 1 aromatic carbocycles. The smallest absolute Gasteiger partial charge is 0.289 e. The maximum absolute atomic E-state index is 12.7. The third-order valence-corrected chi connectivity index (χ3v) is 4.98. The summed E-state index contributed by atoms with van der Waals surface area (Å²) in [6.45, 7) is 5.40. The number of nitrogens with two attached hydrogens (primary N) is 1. The van der Waals surface area contributed by atoms with E-state index in [0.717, 1.165) is 36.9 Å². The van der Waals surface area contributed by atoms with Crippen molar-refractivity contribution in [2.75, 3.05) is 13.1 Å². The van der Waals surface area contributed by atoms with Crippen LogP contribution in [0.4, 0.5) is 0 Å². The summed E-state index contributed by atoms with van der Waals surface area (Å²) < 4.78 is 5.77. The Balaban J connectivity index is 1.84. The molecular weight excluding hydrogens is 300 g/mol. The fraction of sp³-hybridized carbons (Fsp3) is 0.471. The number of hydrogen-bond donors (Lipinski definition) is 1. The second-order valence-electron chi connectivity index (χ2n) is 6.16. The van der Waals surface area contributed by atoms with Crippen molar-refractivity contribution in [3.63, 3.8) is 0 Å². The molecule has 5 heteroatoms. The van der Waals surface area contributed by atoms with E-state index in [0.29, 0.717) is 22.3 Å². The average molecular weight is 321 g/mol. The molecule has 2 N–H and O–H groups in total. The lowest BCUT2D eigenvalue weighted by Crippen LogP contribution is -2.42. The first kappa shape index (κ1) is 15.4. The molecule has 118 valence electrons. The Kier molecular flexibility index (Phi) is 4.15. The van der Waals surface area contributed by atoms with Gasteiger partial charge >= 0.3 is 0 Å². The van der Waals surface area contributed by atoms with Crippen LogP contribution in [-0.4, -0.2) is 29.9 Å². The van der Waals surface area contributed by atoms with Crippen LogP contribution in [0, 0.1) is 12.8 Å². The number of halogens is 1. The number of para-hydroxylation sites is 1. The molecule has 2 heterocycles. The van der Waals surface area contributed by atoms with Crippen LogP contribution in [0.5, 0.6) is 0 Å². The quantitative estimate of drug-likeness (QED) is 0.919. The third kappa shape index (κ3) is 2.61. The molecule has 1 fully saturated rings. The Bertz CT molecular complexity index is 700. The summed E-state index contributed by atoms with van der Waals surface area (Å²) >= 11 is 6.15. The first-order valence-electron chi connectivity index (χ1n) is 7.71. The van der Waals surface area contributed by atoms with Gasteiger partial charge < -0.3 is 15.1 Å². The molecule has 1 amide bonds. The lowest BCUT2D eigenvalue weighted by molar-refractivity contribution is 0.0650. The molecule has 1 unspecified atom stereocenters. The Morgan fingerprint density at radius 3 is 2.68 bits per heavy atom. The number of piperidine rings is 1. The first-order chi connectivity index (χ1) is 10.5. The highest BCUT2D eigenvalue weighted by molar-refractivity contribution is 6.35. The van der Waals surface area contributed by atoms with Gasteiger partial charge in [-0.1, -0.05) is 23.7 Å². The minimum Gasteiger partial charge on any atom is -0.449 e. The zero-order valence-electron chi connectivity index (χ0n) is 12.9. The second-order valence-corrected chi connectivity index (χ2v) is 6.57. The largest absolute Gasteiger partial charge is 0.449 e. The standard InChI is InChI=1S/C17H21ClN2O2/c1-10-13-4-3-5-14(18)16(13)22-15(10)17(21)20-8-6-12(7-9-20)11(2)19/h3-5,11-12H,6-9,19H2,1-2H3. The van der Waals surface area contributed by atoms with Gasteiger partial charge in [0, 0.05) is 30.1 Å². The highest BCUT2D eigenvalue weighted by atomic mass is 35.5. The fourth-order valence-electron chi connectivity index (χ4n) is 3.18. The molecule has 1 aliphatic rings. The Hall–Kier alpha value is -1.52. The third-order valence-electron chi connectivity index (χ3n) is 4.68. The maximum atomic E-state index is 12.7. The highest BCUT2D eigenvalue weighted by Crippen LogP contribution is 2.32. The van der Waals surface area contributed by atoms with E-state index in [2.05, 4.69) is 0 Å². The van der Waals surface area contributed by atoms with Gasteiger partial charge in [0.25, 0.3) is 5.91 Å². The van der Waals surface area contributed by atoms with E-state index < -0.39 is 0 Å². The minimum absolute atomic E-state index is 0.0482. The number of rotatable bonds is 2. The zero-order chi connectivity index (χ0) is 15.9. The van der Waals surface area contributed by atoms with Gasteiger partial charge in [0.15, 0.2) is 11.3 Å². The van der Waals surface area contributed by atoms with Crippen molar-refractivity contribution < 1.29 is 9.21 Å². The normalized spacial score (nSPS) is 17.9. The van der Waals surface area contributed by atoms with Gasteiger partial charge in [0.2, 0.25) is 0 Å². The van der Waals surface area contributed by atoms with E-state index in [4.69, 9.17) is 21.8 Å². The molecule has 0 spiro atoms. The van der Waals surface area contributed by atoms with Crippen molar-refractivity contribution in [2.24, 2.45) is 11.7 Å². The average Bonchev–Trinajstić information content (AvgIpc) is 2.85. The van der Waals surface area contributed by atoms with Crippen LogP contribution in [0.15, 0.2) is 22.6 Å². The summed E-state index contributed by atoms with van der Waals surface area (Å²) in [7, 11) is 0. The van der Waals surface area contributed by atoms with Crippen molar-refractivity contribution in [1.29, 1.82) is 0 Å². The number of benzene rings is 1. The predicted octanol–water partition coefficient (Wildman–Crippen LogP) is 3.59. The number of furan rings is 1. The van der Waals surface area contributed by atoms with Crippen LogP contribution in [0.3, 0.4) is 0 Å². The Morgan fingerprint density at radius 1 is 1.41 bits per heavy atom. The molecule has 22 heavy (non-hydrogen) atoms. The molecule has 1 aromatic heterocycles. The molecule has 2 aromatic rings. The molecule has 0 saturated carbocycles. The van der Waals surface area contributed by atoms with Gasteiger partial charge in [-0.15, -0.1) is 0 Å². The summed E-state index contributed by atoms with van der Waals surface area (Å²) in [4.78, 5) is 14.6. The van der Waals surface area contributed by atoms with Crippen LogP contribution in [0.2, 0.25) is 5.02 Å². The number of carbonyl (C=O) groups excluding carboxylic acids is 1. The van der Waals surface area contributed by atoms with Crippen molar-refractivity contribution in [1.82, 2.24) is 4.90 Å². The zero-order valence-corrected chi connectivity index (χ0v) is 13.7. The van der Waals surface area contributed by atoms with Crippen LogP contribution >= 0.6 is 11.6 Å². The van der Waals surface area contributed by atoms with E-state index in [1.54, 1.807) is 6.07 Å². The number of carbonyl (C=O) groups is 1. The summed E-state index contributed by atoms with van der Waals surface area (Å²) in [5, 5.41) is 1.44. The van der Waals surface area contributed by atoms with Crippen LogP contribution in [-0.2, 0) is 0 Å². The number of hydrogen-bond acceptors (Lipinski definition) is 3. The van der Waals surface area contributed by atoms with Crippen LogP contribution in [0.1, 0.15) is 35.9 Å². The van der Waals surface area contributed by atoms with Gasteiger partial charge in [-0.25, -0.2) is 0 Å². The number of nitrogens with zero attached hydrogens (tertiary/aromatic N) is 1. The summed E-state index contributed by atoms with van der Waals surface area (Å²) in [6.07, 6.45) is 1.90. The Labute approximate surface area is 135 Å². The molecule has 0 radical (unpaired) electrons. The van der Waals surface area contributed by atoms with Crippen LogP contribution in [0.25, 0.3) is 11.0 Å². The number of likely N-dealkylation sites (tertiary alicyclic amines) is 1. The fourth-order valence-corrected chi connectivity index (χ4v) is 3.40. The van der Waals surface area contributed by atoms with Crippen molar-refractivity contribution in [3.05, 3.63) is 34.5 Å².